The maximum Gasteiger partial charge on any atom is 0.265 e. The van der Waals surface area contributed by atoms with Crippen LogP contribution >= 0.6 is 46.4 Å². The van der Waals surface area contributed by atoms with E-state index in [2.05, 4.69) is 30.4 Å². The Hall–Kier alpha value is -3.18. The van der Waals surface area contributed by atoms with Gasteiger partial charge < -0.3 is 20.2 Å². The minimum Gasteiger partial charge on any atom is -0.493 e. The van der Waals surface area contributed by atoms with Crippen LogP contribution in [0.1, 0.15) is 12.8 Å². The van der Waals surface area contributed by atoms with E-state index in [9.17, 15) is 19.8 Å². The molecule has 0 aliphatic rings. The van der Waals surface area contributed by atoms with Crippen molar-refractivity contribution in [2.24, 2.45) is 20.5 Å². The van der Waals surface area contributed by atoms with E-state index in [1.54, 1.807) is 0 Å². The van der Waals surface area contributed by atoms with Crippen molar-refractivity contribution in [1.82, 2.24) is 9.97 Å². The number of nitrogens with one attached hydrogen (secondary N) is 2. The third-order valence-corrected chi connectivity index (χ3v) is 5.66. The van der Waals surface area contributed by atoms with Gasteiger partial charge in [-0.3, -0.25) is 9.59 Å². The summed E-state index contributed by atoms with van der Waals surface area (Å²) in [6, 6.07) is 5.96. The second-order valence-electron chi connectivity index (χ2n) is 6.95. The van der Waals surface area contributed by atoms with Gasteiger partial charge in [-0.25, -0.2) is 0 Å². The molecule has 2 aromatic carbocycles. The molecule has 0 spiro atoms. The third kappa shape index (κ3) is 4.85. The molecule has 0 fully saturated rings. The molecule has 34 heavy (non-hydrogen) atoms. The highest BCUT2D eigenvalue weighted by Gasteiger charge is 2.16. The monoisotopic (exact) mass is 540 g/mol. The lowest BCUT2D eigenvalue weighted by atomic mass is 10.2. The zero-order valence-corrected chi connectivity index (χ0v) is 19.8. The Balaban J connectivity index is 1.43. The largest absolute Gasteiger partial charge is 0.493 e. The van der Waals surface area contributed by atoms with Crippen molar-refractivity contribution >= 4 is 91.4 Å². The van der Waals surface area contributed by atoms with E-state index in [4.69, 9.17) is 46.4 Å². The van der Waals surface area contributed by atoms with Gasteiger partial charge in [-0.05, 0) is 24.3 Å². The molecular weight excluding hydrogens is 530 g/mol. The first-order valence-electron chi connectivity index (χ1n) is 9.42. The van der Waals surface area contributed by atoms with Crippen molar-refractivity contribution in [3.8, 4) is 11.8 Å². The number of aromatic amines is 2. The van der Waals surface area contributed by atoms with Crippen LogP contribution < -0.4 is 0 Å². The molecule has 0 saturated carbocycles. The Morgan fingerprint density at radius 1 is 0.706 bits per heavy atom. The average Bonchev–Trinajstić information content (AvgIpc) is 3.25. The summed E-state index contributed by atoms with van der Waals surface area (Å²) in [4.78, 5) is 29.4. The number of nitrogens with zero attached hydrogens (tertiary/aromatic N) is 4. The number of hydrogen-bond acceptors (Lipinski definition) is 6. The Kier molecular flexibility index (Phi) is 6.76. The summed E-state index contributed by atoms with van der Waals surface area (Å²) < 4.78 is 0. The topological polar surface area (TPSA) is 156 Å². The van der Waals surface area contributed by atoms with Gasteiger partial charge in [0.15, 0.2) is 11.4 Å². The molecule has 2 amide bonds. The first-order chi connectivity index (χ1) is 16.1. The molecule has 0 aliphatic heterocycles. The van der Waals surface area contributed by atoms with Crippen LogP contribution in [0, 0.1) is 0 Å². The standard InChI is InChI=1S/C20H12Cl4N6O4/c21-7-3-9-15(11(23)5-7)25-19(33)17(9)29-27-13(31)1-2-14(32)28-30-18-10-4-8(22)6-12(24)16(10)26-20(18)34/h3-6,25-26,33-34H,1-2H2. The predicted octanol–water partition coefficient (Wildman–Crippen LogP) is 7.38. The SMILES string of the molecule is O=C(CCC(=O)N=Nc1c(O)[nH]c2c(Cl)cc(Cl)cc12)N=Nc1c(O)[nH]c2c(Cl)cc(Cl)cc12. The molecule has 174 valence electrons. The minimum atomic E-state index is -0.737. The van der Waals surface area contributed by atoms with E-state index >= 15 is 0 Å². The van der Waals surface area contributed by atoms with Crippen LogP contribution in [0.25, 0.3) is 21.8 Å². The number of halogens is 4. The summed E-state index contributed by atoms with van der Waals surface area (Å²) in [5, 5.41) is 36.5. The van der Waals surface area contributed by atoms with Crippen LogP contribution in [0.4, 0.5) is 11.4 Å². The molecule has 0 atom stereocenters. The number of benzene rings is 2. The van der Waals surface area contributed by atoms with Gasteiger partial charge in [-0.2, -0.15) is 0 Å². The normalized spacial score (nSPS) is 12.0. The van der Waals surface area contributed by atoms with Gasteiger partial charge in [-0.15, -0.1) is 20.5 Å². The third-order valence-electron chi connectivity index (χ3n) is 4.63. The molecule has 10 nitrogen and oxygen atoms in total. The number of aromatic nitrogens is 2. The number of carbonyl (C=O) groups excluding carboxylic acids is 2. The van der Waals surface area contributed by atoms with Gasteiger partial charge in [0.2, 0.25) is 11.8 Å². The van der Waals surface area contributed by atoms with Crippen molar-refractivity contribution < 1.29 is 19.8 Å². The Labute approximate surface area is 210 Å². The van der Waals surface area contributed by atoms with Crippen molar-refractivity contribution in [2.45, 2.75) is 12.8 Å². The number of amides is 2. The number of carbonyl (C=O) groups is 2. The molecule has 0 unspecified atom stereocenters. The second-order valence-corrected chi connectivity index (χ2v) is 8.64. The maximum absolute atomic E-state index is 12.1. The number of azo groups is 2. The predicted molar refractivity (Wildman–Crippen MR) is 128 cm³/mol. The van der Waals surface area contributed by atoms with E-state index in [0.29, 0.717) is 31.9 Å². The summed E-state index contributed by atoms with van der Waals surface area (Å²) in [5.41, 5.74) is 0.712. The van der Waals surface area contributed by atoms with Crippen LogP contribution in [0.5, 0.6) is 11.8 Å². The Morgan fingerprint density at radius 2 is 1.09 bits per heavy atom. The van der Waals surface area contributed by atoms with Crippen molar-refractivity contribution in [3.05, 3.63) is 44.4 Å². The van der Waals surface area contributed by atoms with Crippen LogP contribution in [-0.2, 0) is 9.59 Å². The summed E-state index contributed by atoms with van der Waals surface area (Å²) in [6.45, 7) is 0. The average molecular weight is 542 g/mol. The van der Waals surface area contributed by atoms with Crippen LogP contribution in [0.15, 0.2) is 44.7 Å². The van der Waals surface area contributed by atoms with Gasteiger partial charge in [0, 0.05) is 33.7 Å². The first kappa shape index (κ1) is 24.0. The number of rotatable bonds is 5. The first-order valence-corrected chi connectivity index (χ1v) is 10.9. The zero-order valence-electron chi connectivity index (χ0n) is 16.7. The zero-order chi connectivity index (χ0) is 24.6. The van der Waals surface area contributed by atoms with Crippen molar-refractivity contribution in [1.29, 1.82) is 0 Å². The fourth-order valence-corrected chi connectivity index (χ4v) is 4.19. The molecule has 14 heteroatoms. The molecule has 0 radical (unpaired) electrons. The van der Waals surface area contributed by atoms with Crippen molar-refractivity contribution in [2.75, 3.05) is 0 Å². The highest BCUT2D eigenvalue weighted by atomic mass is 35.5. The molecule has 4 aromatic rings. The highest BCUT2D eigenvalue weighted by Crippen LogP contribution is 2.41. The quantitative estimate of drug-likeness (QED) is 0.194. The van der Waals surface area contributed by atoms with Crippen LogP contribution in [0.2, 0.25) is 20.1 Å². The summed E-state index contributed by atoms with van der Waals surface area (Å²) >= 11 is 24.1. The number of fused-ring (bicyclic) bond motifs is 2. The molecule has 0 bridgehead atoms. The fraction of sp³-hybridized carbons (Fsp3) is 0.100. The summed E-state index contributed by atoms with van der Waals surface area (Å²) in [5.74, 6) is -2.17. The van der Waals surface area contributed by atoms with E-state index in [1.165, 1.54) is 24.3 Å². The van der Waals surface area contributed by atoms with Gasteiger partial charge in [0.1, 0.15) is 0 Å². The molecule has 2 heterocycles. The Morgan fingerprint density at radius 3 is 1.47 bits per heavy atom. The highest BCUT2D eigenvalue weighted by molar-refractivity contribution is 6.39. The van der Waals surface area contributed by atoms with Crippen LogP contribution in [0.3, 0.4) is 0 Å². The van der Waals surface area contributed by atoms with E-state index in [1.807, 2.05) is 0 Å². The summed E-state index contributed by atoms with van der Waals surface area (Å²) in [6.07, 6.45) is -0.632. The molecule has 0 aliphatic carbocycles. The van der Waals surface area contributed by atoms with Gasteiger partial charge in [-0.1, -0.05) is 46.4 Å². The van der Waals surface area contributed by atoms with Crippen LogP contribution in [-0.4, -0.2) is 32.0 Å². The van der Waals surface area contributed by atoms with E-state index < -0.39 is 11.8 Å². The molecule has 0 saturated heterocycles. The minimum absolute atomic E-state index is 0.0223. The molecule has 4 rings (SSSR count). The lowest BCUT2D eigenvalue weighted by Crippen LogP contribution is -1.98. The maximum atomic E-state index is 12.1. The van der Waals surface area contributed by atoms with E-state index in [-0.39, 0.29) is 46.0 Å². The summed E-state index contributed by atoms with van der Waals surface area (Å²) in [7, 11) is 0. The lowest BCUT2D eigenvalue weighted by molar-refractivity contribution is -0.123. The van der Waals surface area contributed by atoms with E-state index in [0.717, 1.165) is 0 Å². The lowest BCUT2D eigenvalue weighted by Gasteiger charge is -1.96. The number of aromatic hydroxyl groups is 2. The number of hydrogen-bond donors (Lipinski definition) is 4. The van der Waals surface area contributed by atoms with Gasteiger partial charge in [0.25, 0.3) is 11.8 Å². The van der Waals surface area contributed by atoms with Gasteiger partial charge >= 0.3 is 0 Å². The molecule has 2 aromatic heterocycles. The van der Waals surface area contributed by atoms with Gasteiger partial charge in [0.05, 0.1) is 21.1 Å². The fourth-order valence-electron chi connectivity index (χ4n) is 3.11. The Bertz CT molecular complexity index is 1410. The smallest absolute Gasteiger partial charge is 0.265 e. The second kappa shape index (κ2) is 9.59. The number of H-pyrrole nitrogens is 2. The van der Waals surface area contributed by atoms with Crippen molar-refractivity contribution in [3.63, 3.8) is 0 Å². The molecule has 4 N–H and O–H groups in total. The molecular formula is C20H12Cl4N6O4.